The Morgan fingerprint density at radius 3 is 2.30 bits per heavy atom. The molecule has 0 aromatic carbocycles. The van der Waals surface area contributed by atoms with Crippen molar-refractivity contribution in [2.45, 2.75) is 71.1 Å². The van der Waals surface area contributed by atoms with Crippen LogP contribution in [0.25, 0.3) is 0 Å². The van der Waals surface area contributed by atoms with Crippen LogP contribution in [0, 0.1) is 11.8 Å². The summed E-state index contributed by atoms with van der Waals surface area (Å²) in [7, 11) is -3.44. The Labute approximate surface area is 162 Å². The first-order chi connectivity index (χ1) is 12.5. The molecule has 8 nitrogen and oxygen atoms in total. The van der Waals surface area contributed by atoms with Gasteiger partial charge in [0.2, 0.25) is 19.2 Å². The molecule has 0 radical (unpaired) electrons. The molecule has 1 aliphatic rings. The molecule has 1 aliphatic carbocycles. The highest BCUT2D eigenvalue weighted by molar-refractivity contribution is 7.58. The summed E-state index contributed by atoms with van der Waals surface area (Å²) in [5.41, 5.74) is 5.73. The fraction of sp³-hybridized carbons (Fsp3) is 0.889. The average molecular weight is 405 g/mol. The Kier molecular flexibility index (Phi) is 9.95. The summed E-state index contributed by atoms with van der Waals surface area (Å²) in [5, 5.41) is 15.1. The minimum Gasteiger partial charge on any atom is -0.391 e. The van der Waals surface area contributed by atoms with E-state index < -0.39 is 37.4 Å². The van der Waals surface area contributed by atoms with Crippen LogP contribution in [-0.2, 0) is 14.2 Å². The fourth-order valence-electron chi connectivity index (χ4n) is 3.29. The zero-order valence-electron chi connectivity index (χ0n) is 16.7. The first kappa shape index (κ1) is 24.1. The molecule has 158 valence electrons. The molecule has 1 fully saturated rings. The molecule has 0 saturated heterocycles. The quantitative estimate of drug-likeness (QED) is 0.340. The van der Waals surface area contributed by atoms with Gasteiger partial charge in [0.05, 0.1) is 18.3 Å². The van der Waals surface area contributed by atoms with E-state index in [9.17, 15) is 24.2 Å². The van der Waals surface area contributed by atoms with E-state index in [1.54, 1.807) is 0 Å². The standard InChI is InChI=1S/C18H36N3O5P/c1-12(2)16(19)18(24)21-13(3)17(23)20-9-15(22)11-27(25,26)10-14-7-5-4-6-8-14/h12-16,22H,4-11,19H2,1-3H3,(H,20,23)(H,21,24)(H,25,26)/t13-,15-,16+/m0/s1. The number of hydrogen-bond acceptors (Lipinski definition) is 5. The van der Waals surface area contributed by atoms with Crippen LogP contribution in [0.15, 0.2) is 0 Å². The first-order valence-corrected chi connectivity index (χ1v) is 11.9. The van der Waals surface area contributed by atoms with Crippen molar-refractivity contribution in [3.8, 4) is 0 Å². The number of aliphatic hydroxyl groups is 1. The van der Waals surface area contributed by atoms with Gasteiger partial charge >= 0.3 is 0 Å². The largest absolute Gasteiger partial charge is 0.391 e. The van der Waals surface area contributed by atoms with Crippen molar-refractivity contribution in [2.24, 2.45) is 17.6 Å². The van der Waals surface area contributed by atoms with Crippen molar-refractivity contribution in [2.75, 3.05) is 18.9 Å². The van der Waals surface area contributed by atoms with Crippen LogP contribution < -0.4 is 16.4 Å². The molecule has 2 amide bonds. The van der Waals surface area contributed by atoms with E-state index in [4.69, 9.17) is 5.73 Å². The fourth-order valence-corrected chi connectivity index (χ4v) is 5.40. The van der Waals surface area contributed by atoms with Crippen LogP contribution in [0.2, 0.25) is 0 Å². The number of nitrogens with one attached hydrogen (secondary N) is 2. The molecule has 4 atom stereocenters. The van der Waals surface area contributed by atoms with Crippen molar-refractivity contribution in [3.05, 3.63) is 0 Å². The van der Waals surface area contributed by atoms with Gasteiger partial charge in [-0.15, -0.1) is 0 Å². The van der Waals surface area contributed by atoms with Gasteiger partial charge in [0.1, 0.15) is 6.04 Å². The average Bonchev–Trinajstić information content (AvgIpc) is 2.58. The molecule has 1 rings (SSSR count). The lowest BCUT2D eigenvalue weighted by molar-refractivity contribution is -0.129. The highest BCUT2D eigenvalue weighted by atomic mass is 31.2. The summed E-state index contributed by atoms with van der Waals surface area (Å²) < 4.78 is 12.4. The molecule has 0 aliphatic heterocycles. The van der Waals surface area contributed by atoms with Gasteiger partial charge in [-0.3, -0.25) is 14.2 Å². The van der Waals surface area contributed by atoms with E-state index in [-0.39, 0.29) is 30.7 Å². The lowest BCUT2D eigenvalue weighted by Crippen LogP contribution is -2.52. The van der Waals surface area contributed by atoms with Gasteiger partial charge < -0.3 is 26.4 Å². The van der Waals surface area contributed by atoms with Gasteiger partial charge in [-0.2, -0.15) is 0 Å². The van der Waals surface area contributed by atoms with Crippen LogP contribution >= 0.6 is 7.37 Å². The predicted molar refractivity (Wildman–Crippen MR) is 106 cm³/mol. The Bertz CT molecular complexity index is 537. The molecule has 9 heteroatoms. The zero-order chi connectivity index (χ0) is 20.6. The molecule has 0 bridgehead atoms. The smallest absolute Gasteiger partial charge is 0.242 e. The van der Waals surface area contributed by atoms with Crippen LogP contribution in [0.4, 0.5) is 0 Å². The Hall–Kier alpha value is -0.950. The number of carbonyl (C=O) groups is 2. The Morgan fingerprint density at radius 2 is 1.74 bits per heavy atom. The van der Waals surface area contributed by atoms with Crippen molar-refractivity contribution >= 4 is 19.2 Å². The molecule has 0 heterocycles. The maximum absolute atomic E-state index is 12.4. The second kappa shape index (κ2) is 11.1. The molecule has 0 spiro atoms. The third-order valence-corrected chi connectivity index (χ3v) is 7.13. The SMILES string of the molecule is CC(C)[C@@H](N)C(=O)N[C@@H](C)C(=O)NC[C@H](O)CP(=O)(O)CC1CCCCC1. The van der Waals surface area contributed by atoms with Gasteiger partial charge in [-0.1, -0.05) is 33.1 Å². The van der Waals surface area contributed by atoms with Crippen LogP contribution in [-0.4, -0.2) is 58.9 Å². The van der Waals surface area contributed by atoms with E-state index in [0.717, 1.165) is 25.7 Å². The van der Waals surface area contributed by atoms with Gasteiger partial charge in [-0.25, -0.2) is 0 Å². The summed E-state index contributed by atoms with van der Waals surface area (Å²) in [6.07, 6.45) is 4.19. The van der Waals surface area contributed by atoms with E-state index in [0.29, 0.717) is 0 Å². The van der Waals surface area contributed by atoms with E-state index in [2.05, 4.69) is 10.6 Å². The van der Waals surface area contributed by atoms with Gasteiger partial charge in [0.15, 0.2) is 0 Å². The van der Waals surface area contributed by atoms with E-state index >= 15 is 0 Å². The second-order valence-electron chi connectivity index (χ2n) is 8.11. The minimum atomic E-state index is -3.44. The molecular weight excluding hydrogens is 369 g/mol. The lowest BCUT2D eigenvalue weighted by atomic mass is 9.91. The van der Waals surface area contributed by atoms with Gasteiger partial charge in [0.25, 0.3) is 0 Å². The molecule has 27 heavy (non-hydrogen) atoms. The van der Waals surface area contributed by atoms with Crippen molar-refractivity contribution < 1.29 is 24.2 Å². The molecule has 1 saturated carbocycles. The van der Waals surface area contributed by atoms with Crippen molar-refractivity contribution in [1.29, 1.82) is 0 Å². The molecule has 6 N–H and O–H groups in total. The van der Waals surface area contributed by atoms with Crippen LogP contribution in [0.3, 0.4) is 0 Å². The summed E-state index contributed by atoms with van der Waals surface area (Å²) in [6, 6.07) is -1.51. The molecule has 1 unspecified atom stereocenters. The monoisotopic (exact) mass is 405 g/mol. The summed E-state index contributed by atoms with van der Waals surface area (Å²) in [6.45, 7) is 5.01. The Balaban J connectivity index is 2.36. The first-order valence-electron chi connectivity index (χ1n) is 9.84. The summed E-state index contributed by atoms with van der Waals surface area (Å²) in [4.78, 5) is 34.1. The molecule has 0 aromatic rings. The van der Waals surface area contributed by atoms with Crippen LogP contribution in [0.5, 0.6) is 0 Å². The number of carbonyl (C=O) groups excluding carboxylic acids is 2. The van der Waals surface area contributed by atoms with Crippen LogP contribution in [0.1, 0.15) is 52.9 Å². The molecular formula is C18H36N3O5P. The number of nitrogens with two attached hydrogens (primary N) is 1. The highest BCUT2D eigenvalue weighted by Crippen LogP contribution is 2.45. The van der Waals surface area contributed by atoms with E-state index in [1.807, 2.05) is 13.8 Å². The number of aliphatic hydroxyl groups excluding tert-OH is 1. The number of hydrogen-bond donors (Lipinski definition) is 5. The highest BCUT2D eigenvalue weighted by Gasteiger charge is 2.29. The van der Waals surface area contributed by atoms with Gasteiger partial charge in [0, 0.05) is 12.7 Å². The predicted octanol–water partition coefficient (Wildman–Crippen LogP) is 0.802. The third kappa shape index (κ3) is 9.19. The second-order valence-corrected chi connectivity index (χ2v) is 10.5. The topological polar surface area (TPSA) is 142 Å². The zero-order valence-corrected chi connectivity index (χ0v) is 17.6. The normalized spacial score (nSPS) is 21.1. The van der Waals surface area contributed by atoms with E-state index in [1.165, 1.54) is 13.3 Å². The summed E-state index contributed by atoms with van der Waals surface area (Å²) in [5.74, 6) is -0.694. The van der Waals surface area contributed by atoms with Gasteiger partial charge in [-0.05, 0) is 31.6 Å². The van der Waals surface area contributed by atoms with Crippen molar-refractivity contribution in [3.63, 3.8) is 0 Å². The maximum atomic E-state index is 12.4. The van der Waals surface area contributed by atoms with Crippen molar-refractivity contribution in [1.82, 2.24) is 10.6 Å². The minimum absolute atomic E-state index is 0.0510. The lowest BCUT2D eigenvalue weighted by Gasteiger charge is -2.25. The third-order valence-electron chi connectivity index (χ3n) is 5.05. The number of amides is 2. The number of rotatable bonds is 10. The summed E-state index contributed by atoms with van der Waals surface area (Å²) >= 11 is 0. The maximum Gasteiger partial charge on any atom is 0.242 e. The molecule has 0 aromatic heterocycles. The Morgan fingerprint density at radius 1 is 1.15 bits per heavy atom.